The standard InChI is InChI=1S/C26H29N3O6S/c1-17-9-11-21(12-10-17)36(32,33)35-20-14-23(28-16-20)24(30)29(25(31)34-26(2,3)4)19-13-18-7-5-6-8-22(18)27-15-19/h5-13,15,20,23,28H,14,16H2,1-4H3/t20-,23-/m0/s1. The third-order valence-corrected chi connectivity index (χ3v) is 6.97. The van der Waals surface area contributed by atoms with E-state index in [9.17, 15) is 18.0 Å². The van der Waals surface area contributed by atoms with Crippen molar-refractivity contribution < 1.29 is 26.9 Å². The maximum absolute atomic E-state index is 13.6. The molecule has 1 aliphatic rings. The van der Waals surface area contributed by atoms with Crippen LogP contribution >= 0.6 is 0 Å². The van der Waals surface area contributed by atoms with Crippen molar-refractivity contribution in [2.75, 3.05) is 11.4 Å². The number of aromatic nitrogens is 1. The molecule has 1 N–H and O–H groups in total. The summed E-state index contributed by atoms with van der Waals surface area (Å²) in [6.07, 6.45) is -0.123. The highest BCUT2D eigenvalue weighted by atomic mass is 32.2. The van der Waals surface area contributed by atoms with Crippen molar-refractivity contribution in [3.05, 3.63) is 66.4 Å². The first-order valence-corrected chi connectivity index (χ1v) is 13.0. The van der Waals surface area contributed by atoms with Crippen LogP contribution in [0.25, 0.3) is 10.9 Å². The summed E-state index contributed by atoms with van der Waals surface area (Å²) in [6.45, 7) is 7.11. The Morgan fingerprint density at radius 3 is 2.47 bits per heavy atom. The molecule has 2 atom stereocenters. The van der Waals surface area contributed by atoms with Gasteiger partial charge >= 0.3 is 6.09 Å². The summed E-state index contributed by atoms with van der Waals surface area (Å²) in [5.41, 5.74) is 1.06. The maximum Gasteiger partial charge on any atom is 0.421 e. The Balaban J connectivity index is 1.56. The average Bonchev–Trinajstić information content (AvgIpc) is 3.26. The SMILES string of the molecule is Cc1ccc(S(=O)(=O)O[C@@H]2CN[C@H](C(=O)N(C(=O)OC(C)(C)C)c3cnc4ccccc4c3)C2)cc1. The molecular formula is C26H29N3O6S. The fraction of sp³-hybridized carbons (Fsp3) is 0.346. The monoisotopic (exact) mass is 511 g/mol. The van der Waals surface area contributed by atoms with E-state index in [-0.39, 0.29) is 23.5 Å². The first kappa shape index (κ1) is 25.7. The van der Waals surface area contributed by atoms with Crippen LogP contribution in [0.15, 0.2) is 65.7 Å². The van der Waals surface area contributed by atoms with E-state index in [1.54, 1.807) is 39.0 Å². The van der Waals surface area contributed by atoms with Crippen LogP contribution in [0.3, 0.4) is 0 Å². The number of hydrogen-bond donors (Lipinski definition) is 1. The average molecular weight is 512 g/mol. The molecule has 9 nitrogen and oxygen atoms in total. The van der Waals surface area contributed by atoms with Crippen molar-refractivity contribution in [2.45, 2.75) is 56.8 Å². The number of nitrogens with one attached hydrogen (secondary N) is 1. The number of rotatable bonds is 5. The molecule has 1 aliphatic heterocycles. The summed E-state index contributed by atoms with van der Waals surface area (Å²) in [4.78, 5) is 32.0. The van der Waals surface area contributed by atoms with Gasteiger partial charge in [-0.15, -0.1) is 0 Å². The zero-order chi connectivity index (χ0) is 26.1. The van der Waals surface area contributed by atoms with Gasteiger partial charge < -0.3 is 10.1 Å². The number of aryl methyl sites for hydroxylation is 1. The predicted octanol–water partition coefficient (Wildman–Crippen LogP) is 3.95. The van der Waals surface area contributed by atoms with Crippen LogP contribution in [0.4, 0.5) is 10.5 Å². The summed E-state index contributed by atoms with van der Waals surface area (Å²) < 4.78 is 36.3. The van der Waals surface area contributed by atoms with Gasteiger partial charge in [0, 0.05) is 18.4 Å². The van der Waals surface area contributed by atoms with Gasteiger partial charge in [-0.05, 0) is 52.0 Å². The number of fused-ring (bicyclic) bond motifs is 1. The Labute approximate surface area is 210 Å². The van der Waals surface area contributed by atoms with Crippen LogP contribution < -0.4 is 10.2 Å². The molecule has 3 aromatic rings. The summed E-state index contributed by atoms with van der Waals surface area (Å²) in [7, 11) is -4.01. The van der Waals surface area contributed by atoms with Gasteiger partial charge in [0.25, 0.3) is 16.0 Å². The Kier molecular flexibility index (Phi) is 7.12. The van der Waals surface area contributed by atoms with Crippen LogP contribution in [-0.2, 0) is 23.8 Å². The van der Waals surface area contributed by atoms with E-state index in [4.69, 9.17) is 8.92 Å². The van der Waals surface area contributed by atoms with Crippen LogP contribution in [-0.4, -0.2) is 49.7 Å². The molecule has 190 valence electrons. The lowest BCUT2D eigenvalue weighted by Gasteiger charge is -2.27. The number of amides is 2. The van der Waals surface area contributed by atoms with Gasteiger partial charge in [-0.1, -0.05) is 35.9 Å². The number of ether oxygens (including phenoxy) is 1. The fourth-order valence-electron chi connectivity index (χ4n) is 3.87. The minimum absolute atomic E-state index is 0.0421. The molecule has 0 aliphatic carbocycles. The van der Waals surface area contributed by atoms with Crippen molar-refractivity contribution in [3.63, 3.8) is 0 Å². The summed E-state index contributed by atoms with van der Waals surface area (Å²) in [5, 5.41) is 3.74. The first-order chi connectivity index (χ1) is 16.9. The number of nitrogens with zero attached hydrogens (tertiary/aromatic N) is 2. The minimum Gasteiger partial charge on any atom is -0.443 e. The highest BCUT2D eigenvalue weighted by Gasteiger charge is 2.39. The van der Waals surface area contributed by atoms with Gasteiger partial charge in [-0.2, -0.15) is 8.42 Å². The Morgan fingerprint density at radius 2 is 1.78 bits per heavy atom. The first-order valence-electron chi connectivity index (χ1n) is 11.6. The zero-order valence-corrected chi connectivity index (χ0v) is 21.4. The van der Waals surface area contributed by atoms with Crippen molar-refractivity contribution in [1.82, 2.24) is 10.3 Å². The van der Waals surface area contributed by atoms with Gasteiger partial charge in [-0.25, -0.2) is 9.69 Å². The van der Waals surface area contributed by atoms with Crippen LogP contribution in [0.2, 0.25) is 0 Å². The third-order valence-electron chi connectivity index (χ3n) is 5.59. The molecule has 2 heterocycles. The molecule has 1 saturated heterocycles. The van der Waals surface area contributed by atoms with E-state index < -0.39 is 39.9 Å². The molecule has 0 spiro atoms. The number of carbonyl (C=O) groups is 2. The topological polar surface area (TPSA) is 115 Å². The molecule has 1 fully saturated rings. The molecular weight excluding hydrogens is 482 g/mol. The molecule has 0 radical (unpaired) electrons. The van der Waals surface area contributed by atoms with Crippen LogP contribution in [0, 0.1) is 6.92 Å². The molecule has 2 amide bonds. The molecule has 1 aromatic heterocycles. The highest BCUT2D eigenvalue weighted by molar-refractivity contribution is 7.86. The lowest BCUT2D eigenvalue weighted by atomic mass is 10.1. The second-order valence-corrected chi connectivity index (χ2v) is 11.3. The van der Waals surface area contributed by atoms with Gasteiger partial charge in [0.15, 0.2) is 0 Å². The van der Waals surface area contributed by atoms with E-state index >= 15 is 0 Å². The number of hydrogen-bond acceptors (Lipinski definition) is 8. The number of imide groups is 1. The van der Waals surface area contributed by atoms with Crippen molar-refractivity contribution in [2.24, 2.45) is 0 Å². The lowest BCUT2D eigenvalue weighted by molar-refractivity contribution is -0.120. The van der Waals surface area contributed by atoms with E-state index in [1.165, 1.54) is 18.3 Å². The molecule has 10 heteroatoms. The number of anilines is 1. The molecule has 0 unspecified atom stereocenters. The molecule has 0 saturated carbocycles. The molecule has 0 bridgehead atoms. The zero-order valence-electron chi connectivity index (χ0n) is 20.6. The maximum atomic E-state index is 13.6. The van der Waals surface area contributed by atoms with E-state index in [1.807, 2.05) is 31.2 Å². The number of carbonyl (C=O) groups excluding carboxylic acids is 2. The summed E-state index contributed by atoms with van der Waals surface area (Å²) >= 11 is 0. The second-order valence-electron chi connectivity index (χ2n) is 9.72. The van der Waals surface area contributed by atoms with E-state index in [0.29, 0.717) is 5.52 Å². The quantitative estimate of drug-likeness (QED) is 0.512. The highest BCUT2D eigenvalue weighted by Crippen LogP contribution is 2.26. The van der Waals surface area contributed by atoms with Crippen LogP contribution in [0.1, 0.15) is 32.8 Å². The van der Waals surface area contributed by atoms with E-state index in [0.717, 1.165) is 15.8 Å². The van der Waals surface area contributed by atoms with Crippen molar-refractivity contribution in [1.29, 1.82) is 0 Å². The Morgan fingerprint density at radius 1 is 1.08 bits per heavy atom. The molecule has 36 heavy (non-hydrogen) atoms. The minimum atomic E-state index is -4.01. The molecule has 4 rings (SSSR count). The third kappa shape index (κ3) is 5.89. The lowest BCUT2D eigenvalue weighted by Crippen LogP contribution is -2.48. The Hall–Kier alpha value is -3.34. The van der Waals surface area contributed by atoms with Crippen molar-refractivity contribution >= 4 is 38.7 Å². The fourth-order valence-corrected chi connectivity index (χ4v) is 4.96. The van der Waals surface area contributed by atoms with Gasteiger partial charge in [-0.3, -0.25) is 14.0 Å². The Bertz CT molecular complexity index is 1380. The summed E-state index contributed by atoms with van der Waals surface area (Å²) in [5.74, 6) is -0.583. The number of benzene rings is 2. The van der Waals surface area contributed by atoms with Crippen molar-refractivity contribution in [3.8, 4) is 0 Å². The van der Waals surface area contributed by atoms with Gasteiger partial charge in [0.1, 0.15) is 5.60 Å². The predicted molar refractivity (Wildman–Crippen MR) is 135 cm³/mol. The molecule has 2 aromatic carbocycles. The van der Waals surface area contributed by atoms with Gasteiger partial charge in [0.2, 0.25) is 0 Å². The number of pyridine rings is 1. The number of para-hydroxylation sites is 1. The largest absolute Gasteiger partial charge is 0.443 e. The normalized spacial score (nSPS) is 18.2. The second kappa shape index (κ2) is 9.96. The summed E-state index contributed by atoms with van der Waals surface area (Å²) in [6, 6.07) is 14.5. The van der Waals surface area contributed by atoms with Gasteiger partial charge in [0.05, 0.1) is 34.4 Å². The smallest absolute Gasteiger partial charge is 0.421 e. The van der Waals surface area contributed by atoms with Crippen LogP contribution in [0.5, 0.6) is 0 Å². The van der Waals surface area contributed by atoms with E-state index in [2.05, 4.69) is 10.3 Å².